The maximum atomic E-state index is 6.77. The van der Waals surface area contributed by atoms with Crippen molar-refractivity contribution in [3.63, 3.8) is 0 Å². The van der Waals surface area contributed by atoms with Crippen LogP contribution in [0.1, 0.15) is 12.8 Å². The molecule has 11 heavy (non-hydrogen) atoms. The molecule has 1 atom stereocenters. The van der Waals surface area contributed by atoms with Crippen molar-refractivity contribution in [3.8, 4) is 0 Å². The molecule has 0 saturated heterocycles. The van der Waals surface area contributed by atoms with E-state index in [4.69, 9.17) is 11.4 Å². The molecule has 0 bridgehead atoms. The lowest BCUT2D eigenvalue weighted by molar-refractivity contribution is 0.118. The van der Waals surface area contributed by atoms with Crippen LogP contribution in [0.5, 0.6) is 0 Å². The summed E-state index contributed by atoms with van der Waals surface area (Å²) >= 11 is 0. The Morgan fingerprint density at radius 2 is 2.64 bits per heavy atom. The molecule has 58 valence electrons. The second kappa shape index (κ2) is 2.21. The molecule has 0 aromatic rings. The fraction of sp³-hybridized carbons (Fsp3) is 0.714. The molecule has 0 aromatic carbocycles. The summed E-state index contributed by atoms with van der Waals surface area (Å²) < 4.78 is 0. The number of aliphatic imine (C=N–C) groups is 1. The van der Waals surface area contributed by atoms with E-state index < -0.39 is 5.66 Å². The molecule has 1 aliphatic carbocycles. The molecule has 4 heteroatoms. The lowest BCUT2D eigenvalue weighted by Crippen LogP contribution is -2.43. The summed E-state index contributed by atoms with van der Waals surface area (Å²) in [6, 6.07) is 0. The third-order valence-corrected chi connectivity index (χ3v) is 2.14. The maximum absolute atomic E-state index is 6.77. The molecule has 1 heterocycles. The third kappa shape index (κ3) is 0.976. The van der Waals surface area contributed by atoms with Crippen molar-refractivity contribution in [2.24, 2.45) is 10.9 Å². The lowest BCUT2D eigenvalue weighted by atomic mass is 10.1. The second-order valence-electron chi connectivity index (χ2n) is 2.97. The van der Waals surface area contributed by atoms with Crippen LogP contribution in [0.25, 0.3) is 4.85 Å². The van der Waals surface area contributed by atoms with E-state index in [-0.39, 0.29) is 0 Å². The highest BCUT2D eigenvalue weighted by atomic mass is 16.7. The van der Waals surface area contributed by atoms with Gasteiger partial charge in [-0.1, -0.05) is 0 Å². The van der Waals surface area contributed by atoms with E-state index >= 15 is 0 Å². The molecule has 0 amide bonds. The molecule has 1 saturated carbocycles. The van der Waals surface area contributed by atoms with Crippen molar-refractivity contribution in [2.75, 3.05) is 6.54 Å². The number of hydrogen-bond acceptors (Lipinski definition) is 3. The fourth-order valence-corrected chi connectivity index (χ4v) is 1.35. The van der Waals surface area contributed by atoms with Gasteiger partial charge >= 0.3 is 0 Å². The molecule has 0 aromatic heterocycles. The monoisotopic (exact) mass is 151 g/mol. The van der Waals surface area contributed by atoms with Crippen LogP contribution < -0.4 is 5.48 Å². The minimum absolute atomic E-state index is 0.383. The quantitative estimate of drug-likeness (QED) is 0.586. The van der Waals surface area contributed by atoms with Crippen LogP contribution in [0.2, 0.25) is 0 Å². The first-order valence-corrected chi connectivity index (χ1v) is 3.67. The fourth-order valence-electron chi connectivity index (χ4n) is 1.35. The van der Waals surface area contributed by atoms with E-state index in [1.54, 1.807) is 0 Å². The highest BCUT2D eigenvalue weighted by Gasteiger charge is 2.50. The molecule has 0 spiro atoms. The predicted molar refractivity (Wildman–Crippen MR) is 39.6 cm³/mol. The van der Waals surface area contributed by atoms with Gasteiger partial charge in [-0.3, -0.25) is 0 Å². The number of hydrogen-bond donors (Lipinski definition) is 1. The Morgan fingerprint density at radius 1 is 1.82 bits per heavy atom. The van der Waals surface area contributed by atoms with Gasteiger partial charge in [0.2, 0.25) is 5.66 Å². The van der Waals surface area contributed by atoms with Crippen molar-refractivity contribution in [1.29, 1.82) is 0 Å². The average molecular weight is 151 g/mol. The van der Waals surface area contributed by atoms with Gasteiger partial charge in [-0.15, -0.1) is 5.48 Å². The summed E-state index contributed by atoms with van der Waals surface area (Å²) in [4.78, 5) is 12.3. The summed E-state index contributed by atoms with van der Waals surface area (Å²) in [7, 11) is 0. The Hall–Kier alpha value is -1.08. The predicted octanol–water partition coefficient (Wildman–Crippen LogP) is 0.575. The van der Waals surface area contributed by atoms with Gasteiger partial charge in [0.25, 0.3) is 6.54 Å². The van der Waals surface area contributed by atoms with E-state index in [0.29, 0.717) is 12.5 Å². The highest BCUT2D eigenvalue weighted by Crippen LogP contribution is 2.41. The Bertz CT molecular complexity index is 228. The van der Waals surface area contributed by atoms with E-state index in [0.717, 1.165) is 12.8 Å². The van der Waals surface area contributed by atoms with Gasteiger partial charge in [-0.2, -0.15) is 0 Å². The summed E-state index contributed by atoms with van der Waals surface area (Å²) in [6.07, 6.45) is 3.70. The van der Waals surface area contributed by atoms with Gasteiger partial charge in [-0.25, -0.2) is 11.6 Å². The van der Waals surface area contributed by atoms with Crippen molar-refractivity contribution < 1.29 is 4.84 Å². The van der Waals surface area contributed by atoms with Gasteiger partial charge in [0.15, 0.2) is 6.40 Å². The van der Waals surface area contributed by atoms with Crippen LogP contribution in [0.15, 0.2) is 4.99 Å². The van der Waals surface area contributed by atoms with Crippen LogP contribution in [0.3, 0.4) is 0 Å². The normalized spacial score (nSPS) is 34.8. The van der Waals surface area contributed by atoms with E-state index in [1.807, 2.05) is 0 Å². The number of nitrogens with one attached hydrogen (secondary N) is 1. The number of hydroxylamine groups is 1. The highest BCUT2D eigenvalue weighted by molar-refractivity contribution is 5.49. The molecule has 1 aliphatic heterocycles. The SMILES string of the molecule is [C-]#[N+]CC1(C2CC2)N=CON1. The molecule has 1 unspecified atom stereocenters. The maximum Gasteiger partial charge on any atom is 0.255 e. The minimum atomic E-state index is -0.401. The third-order valence-electron chi connectivity index (χ3n) is 2.14. The smallest absolute Gasteiger partial charge is 0.255 e. The summed E-state index contributed by atoms with van der Waals surface area (Å²) in [5.41, 5.74) is 2.40. The van der Waals surface area contributed by atoms with Crippen molar-refractivity contribution in [3.05, 3.63) is 11.4 Å². The van der Waals surface area contributed by atoms with Crippen LogP contribution in [0.4, 0.5) is 0 Å². The molecule has 0 radical (unpaired) electrons. The van der Waals surface area contributed by atoms with Gasteiger partial charge in [0.05, 0.1) is 0 Å². The Labute approximate surface area is 65.0 Å². The summed E-state index contributed by atoms with van der Waals surface area (Å²) in [5.74, 6) is 0.510. The summed E-state index contributed by atoms with van der Waals surface area (Å²) in [5, 5.41) is 0. The van der Waals surface area contributed by atoms with E-state index in [9.17, 15) is 0 Å². The van der Waals surface area contributed by atoms with Crippen LogP contribution in [-0.2, 0) is 4.84 Å². The zero-order chi connectivity index (χ0) is 7.73. The second-order valence-corrected chi connectivity index (χ2v) is 2.97. The first kappa shape index (κ1) is 6.62. The van der Waals surface area contributed by atoms with Gasteiger partial charge in [0.1, 0.15) is 0 Å². The van der Waals surface area contributed by atoms with Gasteiger partial charge in [-0.05, 0) is 12.8 Å². The Kier molecular flexibility index (Phi) is 1.33. The zero-order valence-corrected chi connectivity index (χ0v) is 6.08. The first-order chi connectivity index (χ1) is 5.37. The Morgan fingerprint density at radius 3 is 3.09 bits per heavy atom. The van der Waals surface area contributed by atoms with Crippen molar-refractivity contribution in [1.82, 2.24) is 5.48 Å². The van der Waals surface area contributed by atoms with Crippen LogP contribution in [0, 0.1) is 12.5 Å². The topological polar surface area (TPSA) is 38.0 Å². The number of rotatable bonds is 2. The lowest BCUT2D eigenvalue weighted by Gasteiger charge is -2.17. The standard InChI is InChI=1S/C7H9N3O/c1-8-4-7(6-2-3-6)9-5-11-10-7/h5-6,10H,2-4H2. The molecule has 1 N–H and O–H groups in total. The molecule has 2 aliphatic rings. The van der Waals surface area contributed by atoms with Crippen molar-refractivity contribution >= 4 is 6.40 Å². The molecular weight excluding hydrogens is 142 g/mol. The largest absolute Gasteiger partial charge is 0.394 e. The van der Waals surface area contributed by atoms with Crippen LogP contribution >= 0.6 is 0 Å². The molecule has 1 fully saturated rings. The molecule has 4 nitrogen and oxygen atoms in total. The zero-order valence-electron chi connectivity index (χ0n) is 6.08. The first-order valence-electron chi connectivity index (χ1n) is 3.67. The number of nitrogens with zero attached hydrogens (tertiary/aromatic N) is 2. The Balaban J connectivity index is 2.13. The summed E-state index contributed by atoms with van der Waals surface area (Å²) in [6.45, 7) is 7.15. The van der Waals surface area contributed by atoms with E-state index in [1.165, 1.54) is 6.40 Å². The van der Waals surface area contributed by atoms with Gasteiger partial charge < -0.3 is 9.68 Å². The minimum Gasteiger partial charge on any atom is -0.394 e. The molecule has 2 rings (SSSR count). The van der Waals surface area contributed by atoms with Crippen LogP contribution in [-0.4, -0.2) is 18.6 Å². The molecular formula is C7H9N3O. The van der Waals surface area contributed by atoms with Crippen molar-refractivity contribution in [2.45, 2.75) is 18.5 Å². The average Bonchev–Trinajstić information content (AvgIpc) is 2.76. The van der Waals surface area contributed by atoms with Gasteiger partial charge in [0, 0.05) is 5.92 Å². The van der Waals surface area contributed by atoms with E-state index in [2.05, 4.69) is 15.3 Å².